The molecule has 2 fully saturated rings. The summed E-state index contributed by atoms with van der Waals surface area (Å²) >= 11 is 5.99. The minimum absolute atomic E-state index is 0.00489. The molecular weight excluding hydrogens is 362 g/mol. The first-order valence-corrected chi connectivity index (χ1v) is 10.4. The molecule has 1 aromatic carbocycles. The Balaban J connectivity index is 1.50. The van der Waals surface area contributed by atoms with Gasteiger partial charge in [-0.2, -0.15) is 0 Å². The molecule has 5 nitrogen and oxygen atoms in total. The third-order valence-corrected chi connectivity index (χ3v) is 6.27. The van der Waals surface area contributed by atoms with Crippen LogP contribution in [0.1, 0.15) is 49.9 Å². The predicted molar refractivity (Wildman–Crippen MR) is 108 cm³/mol. The van der Waals surface area contributed by atoms with Crippen LogP contribution in [0.4, 0.5) is 0 Å². The number of hydrogen-bond acceptors (Lipinski definition) is 3. The zero-order valence-corrected chi connectivity index (χ0v) is 17.0. The van der Waals surface area contributed by atoms with Crippen LogP contribution in [0.15, 0.2) is 24.3 Å². The second kappa shape index (κ2) is 9.07. The zero-order valence-electron chi connectivity index (χ0n) is 16.3. The number of piperazine rings is 1. The van der Waals surface area contributed by atoms with Crippen molar-refractivity contribution in [2.75, 3.05) is 26.2 Å². The van der Waals surface area contributed by atoms with Crippen LogP contribution in [0.5, 0.6) is 0 Å². The number of amides is 2. The third kappa shape index (κ3) is 5.02. The lowest BCUT2D eigenvalue weighted by molar-refractivity contribution is -0.127. The van der Waals surface area contributed by atoms with Gasteiger partial charge in [-0.1, -0.05) is 37.4 Å². The van der Waals surface area contributed by atoms with Gasteiger partial charge in [0.05, 0.1) is 6.04 Å². The molecule has 3 unspecified atom stereocenters. The van der Waals surface area contributed by atoms with Crippen LogP contribution < -0.4 is 5.32 Å². The van der Waals surface area contributed by atoms with Gasteiger partial charge in [0, 0.05) is 42.8 Å². The van der Waals surface area contributed by atoms with Crippen molar-refractivity contribution in [1.29, 1.82) is 0 Å². The Labute approximate surface area is 167 Å². The number of carbonyl (C=O) groups is 2. The summed E-state index contributed by atoms with van der Waals surface area (Å²) in [6.07, 6.45) is 4.75. The molecule has 27 heavy (non-hydrogen) atoms. The second-order valence-corrected chi connectivity index (χ2v) is 8.33. The molecule has 1 saturated heterocycles. The summed E-state index contributed by atoms with van der Waals surface area (Å²) < 4.78 is 0. The van der Waals surface area contributed by atoms with Crippen molar-refractivity contribution in [2.24, 2.45) is 5.92 Å². The Morgan fingerprint density at radius 2 is 1.85 bits per heavy atom. The Kier molecular flexibility index (Phi) is 6.77. The Morgan fingerprint density at radius 1 is 1.15 bits per heavy atom. The van der Waals surface area contributed by atoms with Gasteiger partial charge in [0.15, 0.2) is 0 Å². The number of carbonyl (C=O) groups excluding carboxylic acids is 2. The molecule has 148 valence electrons. The number of benzene rings is 1. The summed E-state index contributed by atoms with van der Waals surface area (Å²) in [6, 6.07) is 7.20. The topological polar surface area (TPSA) is 52.7 Å². The fourth-order valence-corrected chi connectivity index (χ4v) is 4.31. The maximum atomic E-state index is 12.7. The summed E-state index contributed by atoms with van der Waals surface area (Å²) in [6.45, 7) is 6.88. The van der Waals surface area contributed by atoms with E-state index in [1.165, 1.54) is 19.3 Å². The van der Waals surface area contributed by atoms with Gasteiger partial charge in [-0.15, -0.1) is 0 Å². The van der Waals surface area contributed by atoms with Gasteiger partial charge in [-0.05, 0) is 43.9 Å². The van der Waals surface area contributed by atoms with Gasteiger partial charge < -0.3 is 10.2 Å². The standard InChI is InChI=1S/C21H30ClN3O2/c1-15-6-3-4-9-19(15)23-20(26)16(2)24-10-12-25(13-11-24)21(27)17-7-5-8-18(22)14-17/h5,7-8,14-16,19H,3-4,6,9-13H2,1-2H3,(H,23,26). The van der Waals surface area contributed by atoms with Crippen molar-refractivity contribution in [1.82, 2.24) is 15.1 Å². The number of rotatable bonds is 4. The molecular formula is C21H30ClN3O2. The first-order chi connectivity index (χ1) is 13.0. The maximum Gasteiger partial charge on any atom is 0.253 e. The van der Waals surface area contributed by atoms with Gasteiger partial charge >= 0.3 is 0 Å². The van der Waals surface area contributed by atoms with E-state index in [2.05, 4.69) is 17.1 Å². The summed E-state index contributed by atoms with van der Waals surface area (Å²) in [5, 5.41) is 3.83. The fourth-order valence-electron chi connectivity index (χ4n) is 4.12. The molecule has 1 aliphatic carbocycles. The molecule has 2 amide bonds. The minimum atomic E-state index is -0.164. The van der Waals surface area contributed by atoms with E-state index in [0.717, 1.165) is 6.42 Å². The highest BCUT2D eigenvalue weighted by molar-refractivity contribution is 6.30. The first kappa shape index (κ1) is 20.2. The lowest BCUT2D eigenvalue weighted by atomic mass is 9.86. The van der Waals surface area contributed by atoms with Crippen LogP contribution in [-0.4, -0.2) is 59.9 Å². The Bertz CT molecular complexity index is 673. The van der Waals surface area contributed by atoms with E-state index in [4.69, 9.17) is 11.6 Å². The van der Waals surface area contributed by atoms with Crippen molar-refractivity contribution < 1.29 is 9.59 Å². The van der Waals surface area contributed by atoms with E-state index in [1.54, 1.807) is 24.3 Å². The van der Waals surface area contributed by atoms with Crippen LogP contribution >= 0.6 is 11.6 Å². The molecule has 0 spiro atoms. The second-order valence-electron chi connectivity index (χ2n) is 7.89. The van der Waals surface area contributed by atoms with Gasteiger partial charge in [0.2, 0.25) is 5.91 Å². The number of hydrogen-bond donors (Lipinski definition) is 1. The van der Waals surface area contributed by atoms with Crippen molar-refractivity contribution in [3.8, 4) is 0 Å². The highest BCUT2D eigenvalue weighted by atomic mass is 35.5. The van der Waals surface area contributed by atoms with Gasteiger partial charge in [-0.25, -0.2) is 0 Å². The first-order valence-electron chi connectivity index (χ1n) is 10.0. The summed E-state index contributed by atoms with van der Waals surface area (Å²) in [7, 11) is 0. The van der Waals surface area contributed by atoms with E-state index in [1.807, 2.05) is 11.8 Å². The maximum absolute atomic E-state index is 12.7. The molecule has 0 radical (unpaired) electrons. The van der Waals surface area contributed by atoms with E-state index < -0.39 is 0 Å². The molecule has 0 bridgehead atoms. The lowest BCUT2D eigenvalue weighted by Crippen LogP contribution is -2.56. The van der Waals surface area contributed by atoms with Gasteiger partial charge in [0.25, 0.3) is 5.91 Å². The molecule has 1 aromatic rings. The van der Waals surface area contributed by atoms with E-state index >= 15 is 0 Å². The molecule has 3 rings (SSSR count). The average Bonchev–Trinajstić information content (AvgIpc) is 2.68. The van der Waals surface area contributed by atoms with E-state index in [-0.39, 0.29) is 17.9 Å². The Hall–Kier alpha value is -1.59. The zero-order chi connectivity index (χ0) is 19.4. The van der Waals surface area contributed by atoms with E-state index in [9.17, 15) is 9.59 Å². The number of halogens is 1. The van der Waals surface area contributed by atoms with Crippen molar-refractivity contribution in [2.45, 2.75) is 51.6 Å². The van der Waals surface area contributed by atoms with Gasteiger partial charge in [-0.3, -0.25) is 14.5 Å². The summed E-state index contributed by atoms with van der Waals surface area (Å²) in [5.74, 6) is 0.677. The number of nitrogens with zero attached hydrogens (tertiary/aromatic N) is 2. The largest absolute Gasteiger partial charge is 0.352 e. The number of nitrogens with one attached hydrogen (secondary N) is 1. The molecule has 6 heteroatoms. The molecule has 3 atom stereocenters. The molecule has 1 aliphatic heterocycles. The SMILES string of the molecule is CC1CCCCC1NC(=O)C(C)N1CCN(C(=O)c2cccc(Cl)c2)CC1. The smallest absolute Gasteiger partial charge is 0.253 e. The van der Waals surface area contributed by atoms with Crippen LogP contribution in [0, 0.1) is 5.92 Å². The minimum Gasteiger partial charge on any atom is -0.352 e. The predicted octanol–water partition coefficient (Wildman–Crippen LogP) is 3.18. The van der Waals surface area contributed by atoms with Crippen molar-refractivity contribution in [3.05, 3.63) is 34.9 Å². The highest BCUT2D eigenvalue weighted by Crippen LogP contribution is 2.24. The quantitative estimate of drug-likeness (QED) is 0.857. The summed E-state index contributed by atoms with van der Waals surface area (Å²) in [5.41, 5.74) is 0.619. The monoisotopic (exact) mass is 391 g/mol. The van der Waals surface area contributed by atoms with Gasteiger partial charge in [0.1, 0.15) is 0 Å². The average molecular weight is 392 g/mol. The van der Waals surface area contributed by atoms with E-state index in [0.29, 0.717) is 48.7 Å². The molecule has 1 saturated carbocycles. The van der Waals surface area contributed by atoms with Crippen LogP contribution in [0.2, 0.25) is 5.02 Å². The highest BCUT2D eigenvalue weighted by Gasteiger charge is 2.30. The third-order valence-electron chi connectivity index (χ3n) is 6.04. The molecule has 2 aliphatic rings. The van der Waals surface area contributed by atoms with Crippen LogP contribution in [0.3, 0.4) is 0 Å². The van der Waals surface area contributed by atoms with Crippen LogP contribution in [0.25, 0.3) is 0 Å². The Morgan fingerprint density at radius 3 is 2.52 bits per heavy atom. The van der Waals surface area contributed by atoms with Crippen LogP contribution in [-0.2, 0) is 4.79 Å². The molecule has 0 aromatic heterocycles. The normalized spacial score (nSPS) is 25.1. The van der Waals surface area contributed by atoms with Crippen molar-refractivity contribution in [3.63, 3.8) is 0 Å². The molecule has 1 N–H and O–H groups in total. The molecule has 1 heterocycles. The summed E-state index contributed by atoms with van der Waals surface area (Å²) in [4.78, 5) is 29.3. The lowest BCUT2D eigenvalue weighted by Gasteiger charge is -2.38. The van der Waals surface area contributed by atoms with Crippen molar-refractivity contribution >= 4 is 23.4 Å². The fraction of sp³-hybridized carbons (Fsp3) is 0.619.